The highest BCUT2D eigenvalue weighted by atomic mass is 16.5. The number of hydrogen-bond donors (Lipinski definition) is 1. The zero-order chi connectivity index (χ0) is 10.5. The summed E-state index contributed by atoms with van der Waals surface area (Å²) in [7, 11) is 0. The van der Waals surface area contributed by atoms with Gasteiger partial charge in [0.1, 0.15) is 0 Å². The van der Waals surface area contributed by atoms with E-state index in [9.17, 15) is 0 Å². The number of aryl methyl sites for hydroxylation is 1. The summed E-state index contributed by atoms with van der Waals surface area (Å²) in [6.45, 7) is 3.19. The lowest BCUT2D eigenvalue weighted by Crippen LogP contribution is -2.21. The summed E-state index contributed by atoms with van der Waals surface area (Å²) in [6, 6.07) is 0.307. The van der Waals surface area contributed by atoms with Gasteiger partial charge in [-0.2, -0.15) is 4.98 Å². The van der Waals surface area contributed by atoms with Crippen LogP contribution in [0.1, 0.15) is 56.8 Å². The minimum absolute atomic E-state index is 0.307. The van der Waals surface area contributed by atoms with Crippen LogP contribution in [0.2, 0.25) is 0 Å². The SMILES string of the molecule is CCCc1nc([C@@H]2CCCCCN2)no1. The lowest BCUT2D eigenvalue weighted by Gasteiger charge is -2.09. The van der Waals surface area contributed by atoms with E-state index < -0.39 is 0 Å². The van der Waals surface area contributed by atoms with E-state index >= 15 is 0 Å². The van der Waals surface area contributed by atoms with Crippen molar-refractivity contribution >= 4 is 0 Å². The minimum atomic E-state index is 0.307. The van der Waals surface area contributed by atoms with Crippen molar-refractivity contribution in [3.05, 3.63) is 11.7 Å². The molecule has 0 aromatic carbocycles. The van der Waals surface area contributed by atoms with Gasteiger partial charge >= 0.3 is 0 Å². The summed E-state index contributed by atoms with van der Waals surface area (Å²) >= 11 is 0. The summed E-state index contributed by atoms with van der Waals surface area (Å²) < 4.78 is 5.20. The maximum Gasteiger partial charge on any atom is 0.226 e. The van der Waals surface area contributed by atoms with Crippen LogP contribution < -0.4 is 5.32 Å². The van der Waals surface area contributed by atoms with Gasteiger partial charge in [-0.1, -0.05) is 24.9 Å². The number of nitrogens with one attached hydrogen (secondary N) is 1. The van der Waals surface area contributed by atoms with Crippen molar-refractivity contribution in [1.29, 1.82) is 0 Å². The van der Waals surface area contributed by atoms with Gasteiger partial charge in [0, 0.05) is 6.42 Å². The van der Waals surface area contributed by atoms with E-state index in [4.69, 9.17) is 4.52 Å². The molecule has 0 unspecified atom stereocenters. The molecule has 2 rings (SSSR count). The molecule has 0 aliphatic carbocycles. The third-order valence-electron chi connectivity index (χ3n) is 2.82. The van der Waals surface area contributed by atoms with Crippen molar-refractivity contribution in [3.8, 4) is 0 Å². The highest BCUT2D eigenvalue weighted by Crippen LogP contribution is 2.20. The molecule has 1 fully saturated rings. The Balaban J connectivity index is 2.00. The van der Waals surface area contributed by atoms with Crippen LogP contribution in [-0.4, -0.2) is 16.7 Å². The van der Waals surface area contributed by atoms with E-state index in [1.54, 1.807) is 0 Å². The second-order valence-electron chi connectivity index (χ2n) is 4.15. The quantitative estimate of drug-likeness (QED) is 0.829. The molecule has 1 aliphatic heterocycles. The van der Waals surface area contributed by atoms with Gasteiger partial charge in [0.25, 0.3) is 0 Å². The molecule has 84 valence electrons. The number of nitrogens with zero attached hydrogens (tertiary/aromatic N) is 2. The van der Waals surface area contributed by atoms with Crippen molar-refractivity contribution in [1.82, 2.24) is 15.5 Å². The highest BCUT2D eigenvalue weighted by Gasteiger charge is 2.18. The molecule has 1 N–H and O–H groups in total. The van der Waals surface area contributed by atoms with E-state index in [-0.39, 0.29) is 0 Å². The fraction of sp³-hybridized carbons (Fsp3) is 0.818. The van der Waals surface area contributed by atoms with Crippen LogP contribution >= 0.6 is 0 Å². The molecule has 15 heavy (non-hydrogen) atoms. The molecule has 4 heteroatoms. The predicted molar refractivity (Wildman–Crippen MR) is 57.5 cm³/mol. The molecule has 1 aromatic heterocycles. The predicted octanol–water partition coefficient (Wildman–Crippen LogP) is 2.23. The maximum absolute atomic E-state index is 5.20. The first kappa shape index (κ1) is 10.6. The molecule has 2 heterocycles. The molecule has 1 atom stereocenters. The van der Waals surface area contributed by atoms with Gasteiger partial charge in [-0.05, 0) is 25.8 Å². The van der Waals surface area contributed by atoms with Crippen molar-refractivity contribution in [3.63, 3.8) is 0 Å². The molecule has 0 amide bonds. The lowest BCUT2D eigenvalue weighted by atomic mass is 10.1. The summed E-state index contributed by atoms with van der Waals surface area (Å²) in [5.74, 6) is 1.62. The fourth-order valence-electron chi connectivity index (χ4n) is 1.97. The molecule has 1 aromatic rings. The standard InChI is InChI=1S/C11H19N3O/c1-2-6-10-13-11(14-15-10)9-7-4-3-5-8-12-9/h9,12H,2-8H2,1H3/t9-/m0/s1. The largest absolute Gasteiger partial charge is 0.339 e. The van der Waals surface area contributed by atoms with Gasteiger partial charge in [-0.15, -0.1) is 0 Å². The molecule has 0 radical (unpaired) electrons. The average Bonchev–Trinajstić information content (AvgIpc) is 2.53. The third-order valence-corrected chi connectivity index (χ3v) is 2.82. The Hall–Kier alpha value is -0.900. The first-order valence-electron chi connectivity index (χ1n) is 5.96. The van der Waals surface area contributed by atoms with E-state index in [1.165, 1.54) is 19.3 Å². The zero-order valence-corrected chi connectivity index (χ0v) is 9.33. The van der Waals surface area contributed by atoms with Crippen molar-refractivity contribution in [2.24, 2.45) is 0 Å². The van der Waals surface area contributed by atoms with E-state index in [0.717, 1.165) is 37.5 Å². The summed E-state index contributed by atoms with van der Waals surface area (Å²) in [6.07, 6.45) is 6.90. The molecule has 0 saturated carbocycles. The second kappa shape index (κ2) is 5.26. The second-order valence-corrected chi connectivity index (χ2v) is 4.15. The summed E-state index contributed by atoms with van der Waals surface area (Å²) in [5, 5.41) is 7.52. The Morgan fingerprint density at radius 2 is 2.33 bits per heavy atom. The Morgan fingerprint density at radius 1 is 1.40 bits per heavy atom. The van der Waals surface area contributed by atoms with Gasteiger partial charge in [0.2, 0.25) is 5.89 Å². The van der Waals surface area contributed by atoms with E-state index in [0.29, 0.717) is 6.04 Å². The van der Waals surface area contributed by atoms with Gasteiger partial charge in [0.05, 0.1) is 6.04 Å². The van der Waals surface area contributed by atoms with Crippen molar-refractivity contribution in [2.45, 2.75) is 51.5 Å². The average molecular weight is 209 g/mol. The van der Waals surface area contributed by atoms with E-state index in [2.05, 4.69) is 22.4 Å². The molecule has 0 bridgehead atoms. The molecular weight excluding hydrogens is 190 g/mol. The molecule has 1 aliphatic rings. The highest BCUT2D eigenvalue weighted by molar-refractivity contribution is 4.95. The first-order chi connectivity index (χ1) is 7.40. The number of rotatable bonds is 3. The summed E-state index contributed by atoms with van der Waals surface area (Å²) in [4.78, 5) is 4.43. The monoisotopic (exact) mass is 209 g/mol. The molecule has 1 saturated heterocycles. The molecule has 4 nitrogen and oxygen atoms in total. The van der Waals surface area contributed by atoms with Gasteiger partial charge in [-0.25, -0.2) is 0 Å². The lowest BCUT2D eigenvalue weighted by molar-refractivity contribution is 0.363. The van der Waals surface area contributed by atoms with Gasteiger partial charge in [0.15, 0.2) is 5.82 Å². The first-order valence-corrected chi connectivity index (χ1v) is 5.96. The molecular formula is C11H19N3O. The van der Waals surface area contributed by atoms with Crippen LogP contribution in [0.3, 0.4) is 0 Å². The van der Waals surface area contributed by atoms with Gasteiger partial charge in [-0.3, -0.25) is 0 Å². The molecule has 0 spiro atoms. The maximum atomic E-state index is 5.20. The fourth-order valence-corrected chi connectivity index (χ4v) is 1.97. The summed E-state index contributed by atoms with van der Waals surface area (Å²) in [5.41, 5.74) is 0. The topological polar surface area (TPSA) is 51.0 Å². The Morgan fingerprint density at radius 3 is 3.20 bits per heavy atom. The Labute approximate surface area is 90.4 Å². The van der Waals surface area contributed by atoms with Crippen LogP contribution in [0, 0.1) is 0 Å². The minimum Gasteiger partial charge on any atom is -0.339 e. The van der Waals surface area contributed by atoms with Crippen LogP contribution in [0.15, 0.2) is 4.52 Å². The van der Waals surface area contributed by atoms with Crippen LogP contribution in [-0.2, 0) is 6.42 Å². The van der Waals surface area contributed by atoms with Crippen molar-refractivity contribution < 1.29 is 4.52 Å². The number of hydrogen-bond acceptors (Lipinski definition) is 4. The van der Waals surface area contributed by atoms with E-state index in [1.807, 2.05) is 0 Å². The smallest absolute Gasteiger partial charge is 0.226 e. The van der Waals surface area contributed by atoms with Crippen molar-refractivity contribution in [2.75, 3.05) is 6.54 Å². The third kappa shape index (κ3) is 2.78. The normalized spacial score (nSPS) is 22.6. The Bertz CT molecular complexity index is 290. The zero-order valence-electron chi connectivity index (χ0n) is 9.33. The Kier molecular flexibility index (Phi) is 3.72. The van der Waals surface area contributed by atoms with Crippen LogP contribution in [0.5, 0.6) is 0 Å². The van der Waals surface area contributed by atoms with Crippen LogP contribution in [0.4, 0.5) is 0 Å². The van der Waals surface area contributed by atoms with Crippen LogP contribution in [0.25, 0.3) is 0 Å². The number of aromatic nitrogens is 2. The van der Waals surface area contributed by atoms with Gasteiger partial charge < -0.3 is 9.84 Å².